The molecule has 24 heteroatoms. The van der Waals surface area contributed by atoms with Gasteiger partial charge in [-0.2, -0.15) is 0 Å². The molecule has 0 heterocycles. The Hall–Kier alpha value is -0.480. The minimum Gasteiger partial charge on any atom is -0.744 e. The number of rotatable bonds is 8. The molecule has 0 saturated heterocycles. The molecule has 0 radical (unpaired) electrons. The van der Waals surface area contributed by atoms with Gasteiger partial charge in [-0.05, 0) is 79.6 Å². The largest absolute Gasteiger partial charge is 1.00 e. The summed E-state index contributed by atoms with van der Waals surface area (Å²) in [6, 6.07) is 26.9. The molecule has 0 aliphatic heterocycles. The van der Waals surface area contributed by atoms with Gasteiger partial charge in [0.1, 0.15) is 20.2 Å². The molecule has 304 valence electrons. The van der Waals surface area contributed by atoms with Crippen molar-refractivity contribution in [2.45, 2.75) is 55.1 Å². The molecule has 2 aliphatic rings. The van der Waals surface area contributed by atoms with Crippen LogP contribution in [0.2, 0.25) is 0 Å². The number of fused-ring (bicyclic) bond motifs is 2. The molecule has 4 atom stereocenters. The fourth-order valence-corrected chi connectivity index (χ4v) is 12.4. The molecule has 0 saturated carbocycles. The molecule has 6 rings (SSSR count). The first-order chi connectivity index (χ1) is 26.1. The van der Waals surface area contributed by atoms with E-state index in [0.29, 0.717) is 24.3 Å². The molecule has 2 N–H and O–H groups in total. The van der Waals surface area contributed by atoms with Crippen molar-refractivity contribution in [2.75, 3.05) is 0 Å². The van der Waals surface area contributed by atoms with E-state index >= 15 is 0 Å². The molecule has 4 aromatic carbocycles. The Kier molecular flexibility index (Phi) is 19.7. The third-order valence-corrected chi connectivity index (χ3v) is 15.3. The van der Waals surface area contributed by atoms with E-state index < -0.39 is 98.2 Å². The van der Waals surface area contributed by atoms with Crippen LogP contribution in [0.1, 0.15) is 58.4 Å². The molecule has 4 unspecified atom stereocenters. The summed E-state index contributed by atoms with van der Waals surface area (Å²) in [7, 11) is -25.4. The van der Waals surface area contributed by atoms with Crippen LogP contribution < -0.4 is 118 Å². The minimum atomic E-state index is -6.71. The first-order valence-electron chi connectivity index (χ1n) is 16.6. The molecule has 0 fully saturated rings. The van der Waals surface area contributed by atoms with E-state index in [9.17, 15) is 67.6 Å². The summed E-state index contributed by atoms with van der Waals surface area (Å²) in [6.07, 6.45) is 1.96. The molecule has 0 aromatic heterocycles. The monoisotopic (exact) mass is 950 g/mol. The zero-order valence-corrected chi connectivity index (χ0v) is 45.7. The van der Waals surface area contributed by atoms with Crippen LogP contribution in [0.3, 0.4) is 0 Å². The van der Waals surface area contributed by atoms with Crippen molar-refractivity contribution in [1.29, 1.82) is 0 Å². The van der Waals surface area contributed by atoms with Crippen LogP contribution in [-0.2, 0) is 56.6 Å². The van der Waals surface area contributed by atoms with E-state index in [1.165, 1.54) is 37.1 Å². The smallest absolute Gasteiger partial charge is 0.744 e. The number of benzene rings is 4. The van der Waals surface area contributed by atoms with Gasteiger partial charge in [0.05, 0.1) is 9.81 Å². The topological polar surface area (TPSA) is 295 Å². The van der Waals surface area contributed by atoms with Crippen LogP contribution in [0.15, 0.2) is 107 Å². The fourth-order valence-electron chi connectivity index (χ4n) is 7.63. The predicted molar refractivity (Wildman–Crippen MR) is 201 cm³/mol. The van der Waals surface area contributed by atoms with Crippen LogP contribution >= 0.6 is 0 Å². The first kappa shape index (κ1) is 58.5. The Morgan fingerprint density at radius 3 is 1.08 bits per heavy atom. The van der Waals surface area contributed by atoms with Crippen LogP contribution in [-0.4, -0.2) is 78.0 Å². The van der Waals surface area contributed by atoms with Crippen molar-refractivity contribution in [3.05, 3.63) is 157 Å². The summed E-state index contributed by atoms with van der Waals surface area (Å²) < 4.78 is 154. The Bertz CT molecular complexity index is 2630. The molecule has 61 heavy (non-hydrogen) atoms. The van der Waals surface area contributed by atoms with Gasteiger partial charge < -0.3 is 34.0 Å². The number of hydrogen-bond acceptors (Lipinski definition) is 14. The summed E-state index contributed by atoms with van der Waals surface area (Å²) in [5, 5.41) is 23.5. The average molecular weight is 951 g/mol. The van der Waals surface area contributed by atoms with E-state index in [1.807, 2.05) is 0 Å². The zero-order valence-electron chi connectivity index (χ0n) is 34.4. The minimum absolute atomic E-state index is 0. The Balaban J connectivity index is 0.000000932. The van der Waals surface area contributed by atoms with Gasteiger partial charge in [0.15, 0.2) is 31.4 Å². The van der Waals surface area contributed by atoms with Gasteiger partial charge in [-0.1, -0.05) is 97.1 Å². The van der Waals surface area contributed by atoms with E-state index in [1.54, 1.807) is 0 Å². The maximum Gasteiger partial charge on any atom is 1.00 e. The van der Waals surface area contributed by atoms with Crippen molar-refractivity contribution in [3.63, 3.8) is 0 Å². The van der Waals surface area contributed by atoms with Crippen molar-refractivity contribution in [3.8, 4) is 0 Å². The second kappa shape index (κ2) is 20.6. The van der Waals surface area contributed by atoms with Crippen LogP contribution in [0.25, 0.3) is 17.7 Å². The molecular weight excluding hydrogens is 917 g/mol. The number of hydrogen-bond donors (Lipinski definition) is 2. The predicted octanol–water partition coefficient (Wildman–Crippen LogP) is -8.97. The van der Waals surface area contributed by atoms with Crippen molar-refractivity contribution in [1.82, 2.24) is 0 Å². The number of nitrogens with zero attached hydrogens (tertiary/aromatic N) is 2. The summed E-state index contributed by atoms with van der Waals surface area (Å²) >= 11 is 0. The molecule has 2 aliphatic carbocycles. The zero-order chi connectivity index (χ0) is 42.8. The van der Waals surface area contributed by atoms with Crippen molar-refractivity contribution >= 4 is 52.6 Å². The van der Waals surface area contributed by atoms with Gasteiger partial charge in [0, 0.05) is 11.1 Å². The van der Waals surface area contributed by atoms with Crippen LogP contribution in [0.5, 0.6) is 0 Å². The van der Waals surface area contributed by atoms with Gasteiger partial charge in [0.25, 0.3) is 0 Å². The Morgan fingerprint density at radius 2 is 0.820 bits per heavy atom. The normalized spacial score (nSPS) is 23.2. The SMILES string of the molecule is Cc1cccc2c1C=C(S(=O)(=O)[O-])C(C)(O)C2([N+](=[N-])C1(S(=O)(=O)[O-])c2cccc(C)c2C=C(S(=O)(=O)[O-])C1(C)O)S(=O)(=O)[O-].[Na+].[Na+].[Na+].[Na+].c1ccc(Cc2ccccc2)cc1. The summed E-state index contributed by atoms with van der Waals surface area (Å²) in [4.78, 5) is -12.5. The van der Waals surface area contributed by atoms with Gasteiger partial charge in [-0.15, -0.1) is 0 Å². The second-order valence-corrected chi connectivity index (χ2v) is 19.5. The second-order valence-electron chi connectivity index (χ2n) is 13.8. The fraction of sp³-hybridized carbons (Fsp3) is 0.243. The van der Waals surface area contributed by atoms with E-state index in [0.717, 1.165) is 18.6 Å². The van der Waals surface area contributed by atoms with E-state index in [-0.39, 0.29) is 143 Å². The maximum atomic E-state index is 13.5. The van der Waals surface area contributed by atoms with Crippen molar-refractivity contribution < 1.29 is 185 Å². The number of aliphatic hydroxyl groups is 2. The van der Waals surface area contributed by atoms with Gasteiger partial charge >= 0.3 is 128 Å². The summed E-state index contributed by atoms with van der Waals surface area (Å²) in [6.45, 7) is 2.88. The quantitative estimate of drug-likeness (QED) is 0.0718. The Morgan fingerprint density at radius 1 is 0.525 bits per heavy atom. The van der Waals surface area contributed by atoms with Crippen LogP contribution in [0, 0.1) is 13.8 Å². The molecule has 0 spiro atoms. The number of aryl methyl sites for hydroxylation is 2. The average Bonchev–Trinajstić information content (AvgIpc) is 3.06. The molecule has 0 amide bonds. The van der Waals surface area contributed by atoms with Crippen LogP contribution in [0.4, 0.5) is 0 Å². The van der Waals surface area contributed by atoms with E-state index in [2.05, 4.69) is 60.7 Å². The standard InChI is InChI=1S/C24H26N2O14S4.C13H12.4Na/c1-13-7-5-9-17-15(13)11-19(41(29,30)31)21(3,27)23(17,43(35,36)37)26(25)24(44(38,39)40)18-10-6-8-14(2)16(18)12-20(22(24,4)28)42(32,33)34;1-3-7-12(8-4-1)11-13-9-5-2-6-10-13;;;;/h5-12,27-28H,1-4H3,(H,29,30,31)(H,32,33,34)(H,35,36,37)(H,38,39,40);1-10H,11H2;;;;/q;;4*+1/p-4. The first-order valence-corrected chi connectivity index (χ1v) is 22.2. The molecule has 4 aromatic rings. The summed E-state index contributed by atoms with van der Waals surface area (Å²) in [5.41, 5.74) is 3.23. The third-order valence-electron chi connectivity index (χ3n) is 10.2. The molecular formula is C37H34N2Na4O14S4. The van der Waals surface area contributed by atoms with Crippen molar-refractivity contribution in [2.24, 2.45) is 0 Å². The van der Waals surface area contributed by atoms with Gasteiger partial charge in [0.2, 0.25) is 0 Å². The molecule has 0 bridgehead atoms. The Labute approximate surface area is 443 Å². The molecule has 16 nitrogen and oxygen atoms in total. The van der Waals surface area contributed by atoms with Gasteiger partial charge in [-0.25, -0.2) is 33.7 Å². The maximum absolute atomic E-state index is 13.5. The van der Waals surface area contributed by atoms with Gasteiger partial charge in [-0.3, -0.25) is 4.70 Å². The van der Waals surface area contributed by atoms with E-state index in [4.69, 9.17) is 0 Å². The summed E-state index contributed by atoms with van der Waals surface area (Å²) in [5.74, 6) is 0. The third kappa shape index (κ3) is 10.1.